The molecule has 7 heteroatoms. The molecule has 1 unspecified atom stereocenters. The van der Waals surface area contributed by atoms with Gasteiger partial charge in [0.1, 0.15) is 23.2 Å². The SMILES string of the molecule is CC(C)(C)OC(=O)N1CCCC1C(=O)NCCCCOc1ccc(F)cc1. The maximum Gasteiger partial charge on any atom is 0.410 e. The van der Waals surface area contributed by atoms with Crippen LogP contribution in [-0.4, -0.2) is 48.2 Å². The van der Waals surface area contributed by atoms with Crippen LogP contribution in [0.5, 0.6) is 5.75 Å². The van der Waals surface area contributed by atoms with Crippen molar-refractivity contribution in [2.45, 2.75) is 58.1 Å². The Bertz CT molecular complexity index is 628. The zero-order valence-electron chi connectivity index (χ0n) is 16.3. The summed E-state index contributed by atoms with van der Waals surface area (Å²) in [7, 11) is 0. The molecule has 0 radical (unpaired) electrons. The molecule has 0 aliphatic carbocycles. The van der Waals surface area contributed by atoms with Crippen LogP contribution in [0.1, 0.15) is 46.5 Å². The highest BCUT2D eigenvalue weighted by atomic mass is 19.1. The topological polar surface area (TPSA) is 67.9 Å². The van der Waals surface area contributed by atoms with Gasteiger partial charge in [-0.1, -0.05) is 0 Å². The van der Waals surface area contributed by atoms with E-state index in [0.717, 1.165) is 19.3 Å². The van der Waals surface area contributed by atoms with Gasteiger partial charge in [-0.2, -0.15) is 0 Å². The van der Waals surface area contributed by atoms with Gasteiger partial charge in [0.2, 0.25) is 5.91 Å². The van der Waals surface area contributed by atoms with Crippen LogP contribution in [0.4, 0.5) is 9.18 Å². The highest BCUT2D eigenvalue weighted by molar-refractivity contribution is 5.86. The van der Waals surface area contributed by atoms with Crippen molar-refractivity contribution in [3.8, 4) is 5.75 Å². The first kappa shape index (κ1) is 21.0. The average Bonchev–Trinajstić information content (AvgIpc) is 3.08. The molecule has 1 aliphatic rings. The second kappa shape index (κ2) is 9.58. The number of likely N-dealkylation sites (tertiary alicyclic amines) is 1. The summed E-state index contributed by atoms with van der Waals surface area (Å²) in [5.41, 5.74) is -0.578. The van der Waals surface area contributed by atoms with Crippen LogP contribution in [-0.2, 0) is 9.53 Å². The average molecular weight is 380 g/mol. The van der Waals surface area contributed by atoms with E-state index in [2.05, 4.69) is 5.32 Å². The van der Waals surface area contributed by atoms with Gasteiger partial charge >= 0.3 is 6.09 Å². The number of unbranched alkanes of at least 4 members (excludes halogenated alkanes) is 1. The number of nitrogens with zero attached hydrogens (tertiary/aromatic N) is 1. The number of nitrogens with one attached hydrogen (secondary N) is 1. The van der Waals surface area contributed by atoms with Crippen molar-refractivity contribution >= 4 is 12.0 Å². The molecular weight excluding hydrogens is 351 g/mol. The van der Waals surface area contributed by atoms with Crippen molar-refractivity contribution in [1.82, 2.24) is 10.2 Å². The number of hydrogen-bond donors (Lipinski definition) is 1. The number of benzene rings is 1. The lowest BCUT2D eigenvalue weighted by Gasteiger charge is -2.28. The van der Waals surface area contributed by atoms with Crippen molar-refractivity contribution in [3.63, 3.8) is 0 Å². The van der Waals surface area contributed by atoms with Crippen LogP contribution in [0.3, 0.4) is 0 Å². The van der Waals surface area contributed by atoms with Gasteiger partial charge in [0.05, 0.1) is 6.61 Å². The molecule has 150 valence electrons. The largest absolute Gasteiger partial charge is 0.494 e. The molecule has 6 nitrogen and oxygen atoms in total. The zero-order chi connectivity index (χ0) is 19.9. The summed E-state index contributed by atoms with van der Waals surface area (Å²) >= 11 is 0. The van der Waals surface area contributed by atoms with Crippen LogP contribution < -0.4 is 10.1 Å². The molecule has 0 aromatic heterocycles. The first-order chi connectivity index (χ1) is 12.8. The maximum absolute atomic E-state index is 12.8. The lowest BCUT2D eigenvalue weighted by Crippen LogP contribution is -2.47. The summed E-state index contributed by atoms with van der Waals surface area (Å²) in [5.74, 6) is 0.189. The van der Waals surface area contributed by atoms with E-state index in [1.165, 1.54) is 17.0 Å². The van der Waals surface area contributed by atoms with Crippen LogP contribution >= 0.6 is 0 Å². The van der Waals surface area contributed by atoms with E-state index in [0.29, 0.717) is 31.9 Å². The Morgan fingerprint density at radius 2 is 1.93 bits per heavy atom. The van der Waals surface area contributed by atoms with E-state index >= 15 is 0 Å². The smallest absolute Gasteiger partial charge is 0.410 e. The Balaban J connectivity index is 1.65. The van der Waals surface area contributed by atoms with E-state index < -0.39 is 17.7 Å². The van der Waals surface area contributed by atoms with E-state index in [9.17, 15) is 14.0 Å². The number of carbonyl (C=O) groups excluding carboxylic acids is 2. The Morgan fingerprint density at radius 3 is 2.59 bits per heavy atom. The number of hydrogen-bond acceptors (Lipinski definition) is 4. The second-order valence-electron chi connectivity index (χ2n) is 7.63. The molecule has 1 saturated heterocycles. The normalized spacial score (nSPS) is 16.9. The third-order valence-electron chi connectivity index (χ3n) is 4.14. The molecule has 1 fully saturated rings. The minimum absolute atomic E-state index is 0.141. The Labute approximate surface area is 160 Å². The Kier molecular flexibility index (Phi) is 7.45. The molecule has 0 saturated carbocycles. The first-order valence-corrected chi connectivity index (χ1v) is 9.42. The molecule has 1 aromatic carbocycles. The van der Waals surface area contributed by atoms with E-state index in [4.69, 9.17) is 9.47 Å². The van der Waals surface area contributed by atoms with E-state index in [-0.39, 0.29) is 11.7 Å². The van der Waals surface area contributed by atoms with Gasteiger partial charge in [-0.15, -0.1) is 0 Å². The van der Waals surface area contributed by atoms with Gasteiger partial charge < -0.3 is 14.8 Å². The molecular formula is C20H29FN2O4. The third kappa shape index (κ3) is 7.07. The molecule has 2 amide bonds. The Hall–Kier alpha value is -2.31. The maximum atomic E-state index is 12.8. The van der Waals surface area contributed by atoms with Crippen LogP contribution in [0.15, 0.2) is 24.3 Å². The molecule has 0 spiro atoms. The molecule has 27 heavy (non-hydrogen) atoms. The molecule has 1 heterocycles. The number of amides is 2. The van der Waals surface area contributed by atoms with Gasteiger partial charge in [-0.3, -0.25) is 9.69 Å². The monoisotopic (exact) mass is 380 g/mol. The minimum Gasteiger partial charge on any atom is -0.494 e. The van der Waals surface area contributed by atoms with Gasteiger partial charge in [-0.25, -0.2) is 9.18 Å². The highest BCUT2D eigenvalue weighted by Gasteiger charge is 2.36. The highest BCUT2D eigenvalue weighted by Crippen LogP contribution is 2.21. The van der Waals surface area contributed by atoms with Gasteiger partial charge in [-0.05, 0) is 70.7 Å². The Morgan fingerprint density at radius 1 is 1.22 bits per heavy atom. The molecule has 1 aliphatic heterocycles. The molecule has 1 aromatic rings. The zero-order valence-corrected chi connectivity index (χ0v) is 16.3. The summed E-state index contributed by atoms with van der Waals surface area (Å²) in [6.45, 7) is 6.98. The summed E-state index contributed by atoms with van der Waals surface area (Å²) in [4.78, 5) is 26.1. The van der Waals surface area contributed by atoms with Crippen molar-refractivity contribution in [3.05, 3.63) is 30.1 Å². The number of carbonyl (C=O) groups is 2. The van der Waals surface area contributed by atoms with Crippen LogP contribution in [0.2, 0.25) is 0 Å². The van der Waals surface area contributed by atoms with Crippen LogP contribution in [0, 0.1) is 5.82 Å². The molecule has 2 rings (SSSR count). The number of rotatable bonds is 7. The van der Waals surface area contributed by atoms with E-state index in [1.807, 2.05) is 20.8 Å². The van der Waals surface area contributed by atoms with Crippen molar-refractivity contribution < 1.29 is 23.5 Å². The fourth-order valence-corrected chi connectivity index (χ4v) is 2.86. The summed E-state index contributed by atoms with van der Waals surface area (Å²) in [5, 5.41) is 2.88. The molecule has 0 bridgehead atoms. The van der Waals surface area contributed by atoms with E-state index in [1.54, 1.807) is 12.1 Å². The van der Waals surface area contributed by atoms with Gasteiger partial charge in [0, 0.05) is 13.1 Å². The summed E-state index contributed by atoms with van der Waals surface area (Å²) in [6, 6.07) is 5.42. The van der Waals surface area contributed by atoms with Gasteiger partial charge in [0.25, 0.3) is 0 Å². The van der Waals surface area contributed by atoms with Crippen molar-refractivity contribution in [2.75, 3.05) is 19.7 Å². The quantitative estimate of drug-likeness (QED) is 0.735. The van der Waals surface area contributed by atoms with Crippen LogP contribution in [0.25, 0.3) is 0 Å². The fourth-order valence-electron chi connectivity index (χ4n) is 2.86. The lowest BCUT2D eigenvalue weighted by molar-refractivity contribution is -0.125. The third-order valence-corrected chi connectivity index (χ3v) is 4.14. The lowest BCUT2D eigenvalue weighted by atomic mass is 10.2. The number of ether oxygens (including phenoxy) is 2. The molecule has 1 atom stereocenters. The predicted molar refractivity (Wildman–Crippen MR) is 100 cm³/mol. The predicted octanol–water partition coefficient (Wildman–Crippen LogP) is 3.50. The summed E-state index contributed by atoms with van der Waals surface area (Å²) < 4.78 is 23.7. The van der Waals surface area contributed by atoms with Crippen molar-refractivity contribution in [1.29, 1.82) is 0 Å². The second-order valence-corrected chi connectivity index (χ2v) is 7.63. The standard InChI is InChI=1S/C20H29FN2O4/c1-20(2,3)27-19(25)23-13-6-7-17(23)18(24)22-12-4-5-14-26-16-10-8-15(21)9-11-16/h8-11,17H,4-7,12-14H2,1-3H3,(H,22,24). The minimum atomic E-state index is -0.578. The molecule has 1 N–H and O–H groups in total. The summed E-state index contributed by atoms with van der Waals surface area (Å²) in [6.07, 6.45) is 2.53. The first-order valence-electron chi connectivity index (χ1n) is 9.42. The van der Waals surface area contributed by atoms with Crippen molar-refractivity contribution in [2.24, 2.45) is 0 Å². The van der Waals surface area contributed by atoms with Gasteiger partial charge in [0.15, 0.2) is 0 Å². The number of halogens is 1. The fraction of sp³-hybridized carbons (Fsp3) is 0.600.